The lowest BCUT2D eigenvalue weighted by Crippen LogP contribution is -2.15. The Labute approximate surface area is 122 Å². The molecule has 1 N–H and O–H groups in total. The van der Waals surface area contributed by atoms with E-state index in [0.717, 1.165) is 30.3 Å². The summed E-state index contributed by atoms with van der Waals surface area (Å²) in [6.07, 6.45) is 0. The van der Waals surface area contributed by atoms with Gasteiger partial charge in [0.05, 0.1) is 5.56 Å². The molecule has 0 saturated carbocycles. The lowest BCUT2D eigenvalue weighted by Gasteiger charge is -2.11. The molecular formula is C16H16F2N2O. The average molecular weight is 290 g/mol. The van der Waals surface area contributed by atoms with Crippen LogP contribution in [0.4, 0.5) is 14.5 Å². The first-order valence-corrected chi connectivity index (χ1v) is 6.46. The molecule has 2 aromatic rings. The van der Waals surface area contributed by atoms with Crippen LogP contribution in [0.25, 0.3) is 0 Å². The van der Waals surface area contributed by atoms with Crippen LogP contribution >= 0.6 is 0 Å². The Morgan fingerprint density at radius 3 is 2.62 bits per heavy atom. The fraction of sp³-hybridized carbons (Fsp3) is 0.188. The van der Waals surface area contributed by atoms with Crippen molar-refractivity contribution in [3.8, 4) is 0 Å². The van der Waals surface area contributed by atoms with Crippen molar-refractivity contribution in [2.45, 2.75) is 6.54 Å². The highest BCUT2D eigenvalue weighted by Gasteiger charge is 2.13. The van der Waals surface area contributed by atoms with Gasteiger partial charge in [0.2, 0.25) is 0 Å². The Bertz CT molecular complexity index is 656. The fourth-order valence-electron chi connectivity index (χ4n) is 1.98. The van der Waals surface area contributed by atoms with E-state index in [1.54, 1.807) is 18.2 Å². The SMILES string of the molecule is CN(C)Cc1cccc(NC(=O)c2cc(F)ccc2F)c1. The van der Waals surface area contributed by atoms with E-state index in [9.17, 15) is 13.6 Å². The Balaban J connectivity index is 2.17. The summed E-state index contributed by atoms with van der Waals surface area (Å²) in [7, 11) is 3.88. The summed E-state index contributed by atoms with van der Waals surface area (Å²) < 4.78 is 26.6. The summed E-state index contributed by atoms with van der Waals surface area (Å²) in [4.78, 5) is 14.0. The molecule has 0 aliphatic heterocycles. The summed E-state index contributed by atoms with van der Waals surface area (Å²) in [5.41, 5.74) is 1.24. The van der Waals surface area contributed by atoms with Gasteiger partial charge in [-0.05, 0) is 50.0 Å². The number of carbonyl (C=O) groups excluding carboxylic acids is 1. The van der Waals surface area contributed by atoms with Crippen LogP contribution in [0.5, 0.6) is 0 Å². The Kier molecular flexibility index (Phi) is 4.65. The van der Waals surface area contributed by atoms with Crippen molar-refractivity contribution in [1.29, 1.82) is 0 Å². The van der Waals surface area contributed by atoms with Gasteiger partial charge in [0, 0.05) is 12.2 Å². The summed E-state index contributed by atoms with van der Waals surface area (Å²) >= 11 is 0. The molecule has 2 aromatic carbocycles. The minimum absolute atomic E-state index is 0.312. The number of hydrogen-bond acceptors (Lipinski definition) is 2. The van der Waals surface area contributed by atoms with E-state index in [0.29, 0.717) is 5.69 Å². The summed E-state index contributed by atoms with van der Waals surface area (Å²) in [5.74, 6) is -2.07. The maximum atomic E-state index is 13.5. The topological polar surface area (TPSA) is 32.3 Å². The van der Waals surface area contributed by atoms with Crippen molar-refractivity contribution in [1.82, 2.24) is 4.90 Å². The van der Waals surface area contributed by atoms with Gasteiger partial charge < -0.3 is 10.2 Å². The first kappa shape index (κ1) is 15.1. The molecule has 0 bridgehead atoms. The molecule has 0 saturated heterocycles. The maximum Gasteiger partial charge on any atom is 0.258 e. The van der Waals surface area contributed by atoms with Crippen molar-refractivity contribution in [3.05, 3.63) is 65.2 Å². The maximum absolute atomic E-state index is 13.5. The molecule has 2 rings (SSSR count). The Hall–Kier alpha value is -2.27. The van der Waals surface area contributed by atoms with Crippen molar-refractivity contribution in [2.24, 2.45) is 0 Å². The molecule has 0 aliphatic rings. The zero-order chi connectivity index (χ0) is 15.4. The minimum Gasteiger partial charge on any atom is -0.322 e. The smallest absolute Gasteiger partial charge is 0.258 e. The van der Waals surface area contributed by atoms with Gasteiger partial charge in [-0.3, -0.25) is 4.79 Å². The quantitative estimate of drug-likeness (QED) is 0.937. The zero-order valence-corrected chi connectivity index (χ0v) is 11.9. The number of hydrogen-bond donors (Lipinski definition) is 1. The standard InChI is InChI=1S/C16H16F2N2O/c1-20(2)10-11-4-3-5-13(8-11)19-16(21)14-9-12(17)6-7-15(14)18/h3-9H,10H2,1-2H3,(H,19,21). The van der Waals surface area contributed by atoms with Crippen LogP contribution in [-0.4, -0.2) is 24.9 Å². The molecule has 0 unspecified atom stereocenters. The molecule has 1 amide bonds. The molecular weight excluding hydrogens is 274 g/mol. The second-order valence-corrected chi connectivity index (χ2v) is 5.02. The lowest BCUT2D eigenvalue weighted by atomic mass is 10.1. The van der Waals surface area contributed by atoms with Gasteiger partial charge in [0.15, 0.2) is 0 Å². The van der Waals surface area contributed by atoms with E-state index >= 15 is 0 Å². The van der Waals surface area contributed by atoms with Gasteiger partial charge in [0.25, 0.3) is 5.91 Å². The number of rotatable bonds is 4. The number of nitrogens with one attached hydrogen (secondary N) is 1. The molecule has 0 heterocycles. The van der Waals surface area contributed by atoms with Crippen LogP contribution in [0.1, 0.15) is 15.9 Å². The first-order valence-electron chi connectivity index (χ1n) is 6.46. The highest BCUT2D eigenvalue weighted by molar-refractivity contribution is 6.04. The largest absolute Gasteiger partial charge is 0.322 e. The number of amides is 1. The third kappa shape index (κ3) is 4.10. The van der Waals surface area contributed by atoms with Crippen molar-refractivity contribution < 1.29 is 13.6 Å². The van der Waals surface area contributed by atoms with E-state index in [1.807, 2.05) is 25.1 Å². The number of anilines is 1. The molecule has 0 atom stereocenters. The molecule has 0 spiro atoms. The van der Waals surface area contributed by atoms with Crippen molar-refractivity contribution in [2.75, 3.05) is 19.4 Å². The van der Waals surface area contributed by atoms with Crippen molar-refractivity contribution >= 4 is 11.6 Å². The third-order valence-corrected chi connectivity index (χ3v) is 2.86. The van der Waals surface area contributed by atoms with E-state index in [1.165, 1.54) is 0 Å². The van der Waals surface area contributed by atoms with E-state index in [-0.39, 0.29) is 5.56 Å². The van der Waals surface area contributed by atoms with Gasteiger partial charge >= 0.3 is 0 Å². The average Bonchev–Trinajstić information content (AvgIpc) is 2.41. The second-order valence-electron chi connectivity index (χ2n) is 5.02. The Morgan fingerprint density at radius 1 is 1.14 bits per heavy atom. The molecule has 0 radical (unpaired) electrons. The number of halogens is 2. The molecule has 0 aliphatic carbocycles. The lowest BCUT2D eigenvalue weighted by molar-refractivity contribution is 0.102. The molecule has 0 aromatic heterocycles. The highest BCUT2D eigenvalue weighted by Crippen LogP contribution is 2.15. The van der Waals surface area contributed by atoms with Crippen LogP contribution in [0.3, 0.4) is 0 Å². The van der Waals surface area contributed by atoms with E-state index in [4.69, 9.17) is 0 Å². The number of carbonyl (C=O) groups is 1. The number of benzene rings is 2. The van der Waals surface area contributed by atoms with E-state index < -0.39 is 17.5 Å². The highest BCUT2D eigenvalue weighted by atomic mass is 19.1. The van der Waals surface area contributed by atoms with Gasteiger partial charge in [-0.25, -0.2) is 8.78 Å². The molecule has 0 fully saturated rings. The van der Waals surface area contributed by atoms with E-state index in [2.05, 4.69) is 5.32 Å². The van der Waals surface area contributed by atoms with Gasteiger partial charge in [0.1, 0.15) is 11.6 Å². The molecule has 110 valence electrons. The summed E-state index contributed by atoms with van der Waals surface area (Å²) in [6.45, 7) is 0.720. The monoisotopic (exact) mass is 290 g/mol. The third-order valence-electron chi connectivity index (χ3n) is 2.86. The van der Waals surface area contributed by atoms with Gasteiger partial charge in [-0.15, -0.1) is 0 Å². The summed E-state index contributed by atoms with van der Waals surface area (Å²) in [5, 5.41) is 2.58. The van der Waals surface area contributed by atoms with Crippen LogP contribution in [0.15, 0.2) is 42.5 Å². The molecule has 21 heavy (non-hydrogen) atoms. The minimum atomic E-state index is -0.752. The van der Waals surface area contributed by atoms with Crippen LogP contribution in [0.2, 0.25) is 0 Å². The van der Waals surface area contributed by atoms with Crippen LogP contribution < -0.4 is 5.32 Å². The predicted molar refractivity (Wildman–Crippen MR) is 78.1 cm³/mol. The Morgan fingerprint density at radius 2 is 1.90 bits per heavy atom. The van der Waals surface area contributed by atoms with Crippen LogP contribution in [0, 0.1) is 11.6 Å². The predicted octanol–water partition coefficient (Wildman–Crippen LogP) is 3.28. The normalized spacial score (nSPS) is 10.7. The fourth-order valence-corrected chi connectivity index (χ4v) is 1.98. The van der Waals surface area contributed by atoms with Crippen molar-refractivity contribution in [3.63, 3.8) is 0 Å². The van der Waals surface area contributed by atoms with Crippen LogP contribution in [-0.2, 0) is 6.54 Å². The summed E-state index contributed by atoms with van der Waals surface area (Å²) in [6, 6.07) is 10.0. The first-order chi connectivity index (χ1) is 9.95. The molecule has 5 heteroatoms. The van der Waals surface area contributed by atoms with Gasteiger partial charge in [-0.1, -0.05) is 12.1 Å². The second kappa shape index (κ2) is 6.45. The zero-order valence-electron chi connectivity index (χ0n) is 11.9. The molecule has 3 nitrogen and oxygen atoms in total. The van der Waals surface area contributed by atoms with Gasteiger partial charge in [-0.2, -0.15) is 0 Å². The number of nitrogens with zero attached hydrogens (tertiary/aromatic N) is 1.